The number of hydrogen-bond acceptors (Lipinski definition) is 6. The molecule has 0 spiro atoms. The van der Waals surface area contributed by atoms with Crippen molar-refractivity contribution in [3.05, 3.63) is 89.3 Å². The lowest BCUT2D eigenvalue weighted by Gasteiger charge is -2.26. The SMILES string of the molecule is CCOc1ccc(/C(O)=C2/C(=O)C(=O)N(c3ccc(N(C)C)cc3)C2c2cccnc2)cc1C(C)(C)C. The summed E-state index contributed by atoms with van der Waals surface area (Å²) in [6.07, 6.45) is 3.24. The smallest absolute Gasteiger partial charge is 0.300 e. The fourth-order valence-electron chi connectivity index (χ4n) is 4.56. The Kier molecular flexibility index (Phi) is 7.07. The molecule has 1 aliphatic heterocycles. The molecule has 0 saturated carbocycles. The summed E-state index contributed by atoms with van der Waals surface area (Å²) in [6, 6.07) is 15.5. The zero-order valence-corrected chi connectivity index (χ0v) is 22.1. The van der Waals surface area contributed by atoms with E-state index in [0.29, 0.717) is 23.4 Å². The Hall–Kier alpha value is -4.13. The number of ether oxygens (including phenoxy) is 1. The van der Waals surface area contributed by atoms with Gasteiger partial charge in [-0.05, 0) is 66.4 Å². The van der Waals surface area contributed by atoms with E-state index >= 15 is 0 Å². The van der Waals surface area contributed by atoms with E-state index < -0.39 is 17.7 Å². The molecule has 7 nitrogen and oxygen atoms in total. The molecular weight excluding hydrogens is 466 g/mol. The van der Waals surface area contributed by atoms with Crippen molar-refractivity contribution in [3.63, 3.8) is 0 Å². The van der Waals surface area contributed by atoms with E-state index in [0.717, 1.165) is 17.0 Å². The standard InChI is InChI=1S/C30H33N3O4/c1-7-37-24-15-10-19(17-23(24)30(2,3)4)27(34)25-26(20-9-8-16-31-18-20)33(29(36)28(25)35)22-13-11-21(12-14-22)32(5)6/h8-18,26,34H,7H2,1-6H3/b27-25-. The molecule has 1 fully saturated rings. The minimum Gasteiger partial charge on any atom is -0.507 e. The Balaban J connectivity index is 1.91. The number of benzene rings is 2. The fraction of sp³-hybridized carbons (Fsp3) is 0.300. The molecule has 4 rings (SSSR count). The van der Waals surface area contributed by atoms with Gasteiger partial charge in [0.25, 0.3) is 11.7 Å². The summed E-state index contributed by atoms with van der Waals surface area (Å²) in [5.41, 5.74) is 3.24. The van der Waals surface area contributed by atoms with Gasteiger partial charge in [-0.25, -0.2) is 0 Å². The molecule has 37 heavy (non-hydrogen) atoms. The monoisotopic (exact) mass is 499 g/mol. The van der Waals surface area contributed by atoms with E-state index in [2.05, 4.69) is 25.8 Å². The number of Topliss-reactive ketones (excluding diaryl/α,β-unsaturated/α-hetero) is 1. The van der Waals surface area contributed by atoms with Crippen LogP contribution in [0.3, 0.4) is 0 Å². The number of carbonyl (C=O) groups excluding carboxylic acids is 2. The zero-order valence-electron chi connectivity index (χ0n) is 22.1. The lowest BCUT2D eigenvalue weighted by Crippen LogP contribution is -2.29. The highest BCUT2D eigenvalue weighted by Crippen LogP contribution is 2.43. The summed E-state index contributed by atoms with van der Waals surface area (Å²) in [7, 11) is 3.86. The first-order valence-electron chi connectivity index (χ1n) is 12.3. The Labute approximate surface area is 218 Å². The van der Waals surface area contributed by atoms with Gasteiger partial charge in [0.1, 0.15) is 11.5 Å². The predicted molar refractivity (Wildman–Crippen MR) is 146 cm³/mol. The van der Waals surface area contributed by atoms with Crippen LogP contribution in [0.2, 0.25) is 0 Å². The molecule has 2 aromatic carbocycles. The number of rotatable bonds is 6. The molecule has 1 N–H and O–H groups in total. The first kappa shape index (κ1) is 25.9. The Morgan fingerprint density at radius 2 is 1.78 bits per heavy atom. The number of anilines is 2. The van der Waals surface area contributed by atoms with Crippen molar-refractivity contribution < 1.29 is 19.4 Å². The largest absolute Gasteiger partial charge is 0.507 e. The third-order valence-corrected chi connectivity index (χ3v) is 6.45. The number of pyridine rings is 1. The minimum absolute atomic E-state index is 0.0266. The van der Waals surface area contributed by atoms with Crippen LogP contribution in [0.1, 0.15) is 50.4 Å². The number of carbonyl (C=O) groups is 2. The predicted octanol–water partition coefficient (Wildman–Crippen LogP) is 5.47. The van der Waals surface area contributed by atoms with Gasteiger partial charge in [0.2, 0.25) is 0 Å². The van der Waals surface area contributed by atoms with E-state index in [-0.39, 0.29) is 16.7 Å². The van der Waals surface area contributed by atoms with Gasteiger partial charge >= 0.3 is 0 Å². The molecule has 1 aromatic heterocycles. The first-order valence-corrected chi connectivity index (χ1v) is 12.3. The van der Waals surface area contributed by atoms with Gasteiger partial charge in [-0.1, -0.05) is 26.8 Å². The van der Waals surface area contributed by atoms with Gasteiger partial charge in [-0.2, -0.15) is 0 Å². The highest BCUT2D eigenvalue weighted by molar-refractivity contribution is 6.51. The Morgan fingerprint density at radius 3 is 2.35 bits per heavy atom. The van der Waals surface area contributed by atoms with Crippen LogP contribution in [-0.4, -0.2) is 42.5 Å². The molecule has 192 valence electrons. The molecule has 0 radical (unpaired) electrons. The third-order valence-electron chi connectivity index (χ3n) is 6.45. The molecule has 1 saturated heterocycles. The number of aliphatic hydroxyl groups excluding tert-OH is 1. The summed E-state index contributed by atoms with van der Waals surface area (Å²) in [5.74, 6) is -0.950. The van der Waals surface area contributed by atoms with Gasteiger partial charge in [0.05, 0.1) is 18.2 Å². The van der Waals surface area contributed by atoms with Crippen LogP contribution in [0, 0.1) is 0 Å². The van der Waals surface area contributed by atoms with E-state index in [1.165, 1.54) is 4.90 Å². The average molecular weight is 500 g/mol. The summed E-state index contributed by atoms with van der Waals surface area (Å²) in [4.78, 5) is 34.5. The molecule has 0 bridgehead atoms. The third kappa shape index (κ3) is 4.94. The van der Waals surface area contributed by atoms with Crippen molar-refractivity contribution in [3.8, 4) is 5.75 Å². The second kappa shape index (κ2) is 10.1. The maximum absolute atomic E-state index is 13.5. The molecule has 7 heteroatoms. The number of nitrogens with zero attached hydrogens (tertiary/aromatic N) is 3. The molecule has 3 aromatic rings. The van der Waals surface area contributed by atoms with Gasteiger partial charge in [-0.15, -0.1) is 0 Å². The van der Waals surface area contributed by atoms with Gasteiger partial charge < -0.3 is 14.7 Å². The lowest BCUT2D eigenvalue weighted by molar-refractivity contribution is -0.132. The molecule has 2 heterocycles. The number of aromatic nitrogens is 1. The maximum Gasteiger partial charge on any atom is 0.300 e. The van der Waals surface area contributed by atoms with Crippen molar-refractivity contribution in [2.24, 2.45) is 0 Å². The maximum atomic E-state index is 13.5. The van der Waals surface area contributed by atoms with Crippen molar-refractivity contribution in [2.45, 2.75) is 39.2 Å². The van der Waals surface area contributed by atoms with Crippen molar-refractivity contribution >= 4 is 28.8 Å². The molecular formula is C30H33N3O4. The molecule has 1 amide bonds. The lowest BCUT2D eigenvalue weighted by atomic mass is 9.84. The zero-order chi connectivity index (χ0) is 26.9. The van der Waals surface area contributed by atoms with Crippen LogP contribution in [0.4, 0.5) is 11.4 Å². The van der Waals surface area contributed by atoms with E-state index in [4.69, 9.17) is 4.74 Å². The molecule has 1 aliphatic rings. The summed E-state index contributed by atoms with van der Waals surface area (Å²) in [5, 5.41) is 11.5. The minimum atomic E-state index is -0.830. The summed E-state index contributed by atoms with van der Waals surface area (Å²) in [6.45, 7) is 8.59. The van der Waals surface area contributed by atoms with Crippen LogP contribution in [0.25, 0.3) is 5.76 Å². The quantitative estimate of drug-likeness (QED) is 0.275. The van der Waals surface area contributed by atoms with Crippen LogP contribution < -0.4 is 14.5 Å². The Morgan fingerprint density at radius 1 is 1.08 bits per heavy atom. The van der Waals surface area contributed by atoms with E-state index in [1.807, 2.05) is 44.1 Å². The number of amides is 1. The summed E-state index contributed by atoms with van der Waals surface area (Å²) < 4.78 is 5.81. The summed E-state index contributed by atoms with van der Waals surface area (Å²) >= 11 is 0. The number of ketones is 1. The van der Waals surface area contributed by atoms with Crippen LogP contribution in [0.5, 0.6) is 5.75 Å². The van der Waals surface area contributed by atoms with Gasteiger partial charge in [0, 0.05) is 49.0 Å². The second-order valence-corrected chi connectivity index (χ2v) is 10.3. The van der Waals surface area contributed by atoms with Crippen LogP contribution in [0.15, 0.2) is 72.6 Å². The normalized spacial score (nSPS) is 17.2. The number of hydrogen-bond donors (Lipinski definition) is 1. The topological polar surface area (TPSA) is 83.0 Å². The van der Waals surface area contributed by atoms with Crippen LogP contribution >= 0.6 is 0 Å². The molecule has 1 unspecified atom stereocenters. The number of aliphatic hydroxyl groups is 1. The Bertz CT molecular complexity index is 1340. The average Bonchev–Trinajstić information content (AvgIpc) is 3.14. The van der Waals surface area contributed by atoms with E-state index in [9.17, 15) is 14.7 Å². The second-order valence-electron chi connectivity index (χ2n) is 10.3. The highest BCUT2D eigenvalue weighted by atomic mass is 16.5. The van der Waals surface area contributed by atoms with Crippen molar-refractivity contribution in [1.82, 2.24) is 4.98 Å². The highest BCUT2D eigenvalue weighted by Gasteiger charge is 2.47. The van der Waals surface area contributed by atoms with Crippen molar-refractivity contribution in [2.75, 3.05) is 30.5 Å². The fourth-order valence-corrected chi connectivity index (χ4v) is 4.56. The molecule has 1 atom stereocenters. The van der Waals surface area contributed by atoms with Crippen LogP contribution in [-0.2, 0) is 15.0 Å². The van der Waals surface area contributed by atoms with Crippen molar-refractivity contribution in [1.29, 1.82) is 0 Å². The van der Waals surface area contributed by atoms with E-state index in [1.54, 1.807) is 48.8 Å². The molecule has 0 aliphatic carbocycles. The van der Waals surface area contributed by atoms with Gasteiger partial charge in [-0.3, -0.25) is 19.5 Å². The van der Waals surface area contributed by atoms with Gasteiger partial charge in [0.15, 0.2) is 0 Å². The first-order chi connectivity index (χ1) is 17.5.